The van der Waals surface area contributed by atoms with E-state index in [2.05, 4.69) is 56.4 Å². The molecule has 0 N–H and O–H groups in total. The number of hydrogen-bond acceptors (Lipinski definition) is 6. The van der Waals surface area contributed by atoms with Crippen molar-refractivity contribution >= 4 is 31.0 Å². The predicted octanol–water partition coefficient (Wildman–Crippen LogP) is 7.94. The lowest BCUT2D eigenvalue weighted by molar-refractivity contribution is 0.0146. The maximum Gasteiger partial charge on any atom is 0.192 e. The Bertz CT molecular complexity index is 1340. The molecule has 7 nitrogen and oxygen atoms in total. The fraction of sp³-hybridized carbons (Fsp3) is 0.600. The molecular formula is C30H42ClN5O2Si. The number of fused-ring (bicyclic) bond motifs is 1. The summed E-state index contributed by atoms with van der Waals surface area (Å²) in [6, 6.07) is 5.83. The van der Waals surface area contributed by atoms with Crippen molar-refractivity contribution in [2.24, 2.45) is 11.8 Å². The van der Waals surface area contributed by atoms with Crippen molar-refractivity contribution in [1.82, 2.24) is 19.5 Å². The number of halogens is 1. The molecule has 3 heterocycles. The molecular weight excluding hydrogens is 526 g/mol. The van der Waals surface area contributed by atoms with Crippen LogP contribution in [-0.2, 0) is 15.7 Å². The minimum atomic E-state index is -2.02. The van der Waals surface area contributed by atoms with E-state index in [0.717, 1.165) is 34.9 Å². The quantitative estimate of drug-likeness (QED) is 0.244. The second-order valence-electron chi connectivity index (χ2n) is 12.4. The van der Waals surface area contributed by atoms with Gasteiger partial charge in [0.15, 0.2) is 8.32 Å². The third kappa shape index (κ3) is 6.71. The lowest BCUT2D eigenvalue weighted by Crippen LogP contribution is -2.42. The van der Waals surface area contributed by atoms with E-state index in [-0.39, 0.29) is 11.1 Å². The highest BCUT2D eigenvalue weighted by Crippen LogP contribution is 2.39. The Labute approximate surface area is 239 Å². The van der Waals surface area contributed by atoms with Crippen molar-refractivity contribution in [2.75, 3.05) is 13.2 Å². The van der Waals surface area contributed by atoms with Gasteiger partial charge in [0, 0.05) is 37.2 Å². The first-order valence-electron chi connectivity index (χ1n) is 14.1. The molecule has 210 valence electrons. The molecule has 0 radical (unpaired) electrons. The van der Waals surface area contributed by atoms with Crippen LogP contribution >= 0.6 is 11.6 Å². The van der Waals surface area contributed by atoms with Gasteiger partial charge >= 0.3 is 0 Å². The summed E-state index contributed by atoms with van der Waals surface area (Å²) in [4.78, 5) is 14.2. The first kappa shape index (κ1) is 29.7. The molecule has 3 aromatic heterocycles. The summed E-state index contributed by atoms with van der Waals surface area (Å²) in [6.07, 6.45) is 7.83. The molecule has 1 unspecified atom stereocenters. The minimum absolute atomic E-state index is 0.0844. The summed E-state index contributed by atoms with van der Waals surface area (Å²) >= 11 is 6.34. The van der Waals surface area contributed by atoms with Crippen LogP contribution in [0.15, 0.2) is 24.5 Å². The van der Waals surface area contributed by atoms with Crippen LogP contribution < -0.4 is 0 Å². The van der Waals surface area contributed by atoms with Crippen LogP contribution in [0.5, 0.6) is 0 Å². The Kier molecular flexibility index (Phi) is 9.17. The number of nitrogens with zero attached hydrogens (tertiary/aromatic N) is 5. The molecule has 1 fully saturated rings. The number of ether oxygens (including phenoxy) is 1. The van der Waals surface area contributed by atoms with Gasteiger partial charge in [-0.1, -0.05) is 52.1 Å². The number of pyridine rings is 2. The van der Waals surface area contributed by atoms with Gasteiger partial charge < -0.3 is 13.7 Å². The van der Waals surface area contributed by atoms with Gasteiger partial charge in [-0.05, 0) is 55.8 Å². The smallest absolute Gasteiger partial charge is 0.192 e. The summed E-state index contributed by atoms with van der Waals surface area (Å²) in [7, 11) is -2.02. The zero-order valence-electron chi connectivity index (χ0n) is 24.4. The maximum absolute atomic E-state index is 9.80. The molecule has 1 aliphatic carbocycles. The number of rotatable bonds is 9. The van der Waals surface area contributed by atoms with Crippen molar-refractivity contribution < 1.29 is 9.16 Å². The Morgan fingerprint density at radius 1 is 1.15 bits per heavy atom. The molecule has 0 saturated heterocycles. The third-order valence-electron chi connectivity index (χ3n) is 8.48. The van der Waals surface area contributed by atoms with Gasteiger partial charge in [0.1, 0.15) is 23.7 Å². The van der Waals surface area contributed by atoms with E-state index < -0.39 is 8.32 Å². The molecule has 3 aromatic rings. The summed E-state index contributed by atoms with van der Waals surface area (Å²) in [5.74, 6) is 2.13. The standard InChI is InChI=1S/C30H42ClN5O2Si/c1-8-37-26(19-38-39(6,7)30(3,4)5)29-35-25-14-24(15-32)34-27(22-13-23(31)17-33-16-22)28(25)36(29)18-21-11-9-20(2)10-12-21/h13-14,16-17,20-21,26H,8-12,18-19H2,1-7H3/t20-,21-,26?. The highest BCUT2D eigenvalue weighted by molar-refractivity contribution is 6.74. The van der Waals surface area contributed by atoms with E-state index in [4.69, 9.17) is 30.7 Å². The van der Waals surface area contributed by atoms with Crippen LogP contribution in [-0.4, -0.2) is 41.1 Å². The van der Waals surface area contributed by atoms with Crippen molar-refractivity contribution in [3.8, 4) is 17.3 Å². The summed E-state index contributed by atoms with van der Waals surface area (Å²) in [5, 5.41) is 10.4. The molecule has 0 amide bonds. The van der Waals surface area contributed by atoms with Crippen LogP contribution in [0.1, 0.15) is 77.9 Å². The fourth-order valence-corrected chi connectivity index (χ4v) is 6.25. The van der Waals surface area contributed by atoms with E-state index in [1.54, 1.807) is 18.5 Å². The Balaban J connectivity index is 1.87. The van der Waals surface area contributed by atoms with Crippen LogP contribution in [0.25, 0.3) is 22.3 Å². The maximum atomic E-state index is 9.80. The van der Waals surface area contributed by atoms with Crippen LogP contribution in [0.4, 0.5) is 0 Å². The molecule has 0 aliphatic heterocycles. The van der Waals surface area contributed by atoms with Crippen molar-refractivity contribution in [1.29, 1.82) is 5.26 Å². The molecule has 0 bridgehead atoms. The molecule has 4 rings (SSSR count). The van der Waals surface area contributed by atoms with E-state index >= 15 is 0 Å². The first-order chi connectivity index (χ1) is 18.4. The second-order valence-corrected chi connectivity index (χ2v) is 17.7. The number of imidazole rings is 1. The van der Waals surface area contributed by atoms with Crippen LogP contribution in [0, 0.1) is 23.2 Å². The Morgan fingerprint density at radius 3 is 2.49 bits per heavy atom. The predicted molar refractivity (Wildman–Crippen MR) is 159 cm³/mol. The fourth-order valence-electron chi connectivity index (χ4n) is 5.07. The zero-order chi connectivity index (χ0) is 28.4. The van der Waals surface area contributed by atoms with Gasteiger partial charge in [-0.2, -0.15) is 5.26 Å². The molecule has 0 aromatic carbocycles. The Morgan fingerprint density at radius 2 is 1.87 bits per heavy atom. The van der Waals surface area contributed by atoms with E-state index in [1.165, 1.54) is 25.7 Å². The van der Waals surface area contributed by atoms with Gasteiger partial charge in [-0.25, -0.2) is 9.97 Å². The number of hydrogen-bond donors (Lipinski definition) is 0. The first-order valence-corrected chi connectivity index (χ1v) is 17.4. The summed E-state index contributed by atoms with van der Waals surface area (Å²) < 4.78 is 15.3. The summed E-state index contributed by atoms with van der Waals surface area (Å²) in [5.41, 5.74) is 3.37. The number of aromatic nitrogens is 4. The van der Waals surface area contributed by atoms with Crippen molar-refractivity contribution in [3.63, 3.8) is 0 Å². The average molecular weight is 568 g/mol. The molecule has 1 atom stereocenters. The topological polar surface area (TPSA) is 85.8 Å². The molecule has 9 heteroatoms. The van der Waals surface area contributed by atoms with E-state index in [1.807, 2.05) is 13.0 Å². The zero-order valence-corrected chi connectivity index (χ0v) is 26.2. The second kappa shape index (κ2) is 12.1. The molecule has 39 heavy (non-hydrogen) atoms. The minimum Gasteiger partial charge on any atom is -0.414 e. The lowest BCUT2D eigenvalue weighted by atomic mass is 9.83. The Hall–Kier alpha value is -2.31. The van der Waals surface area contributed by atoms with E-state index in [0.29, 0.717) is 35.5 Å². The van der Waals surface area contributed by atoms with Crippen LogP contribution in [0.3, 0.4) is 0 Å². The summed E-state index contributed by atoms with van der Waals surface area (Å²) in [6.45, 7) is 17.4. The van der Waals surface area contributed by atoms with E-state index in [9.17, 15) is 5.26 Å². The SMILES string of the molecule is CCOC(CO[Si](C)(C)C(C)(C)C)c1nc2cc(C#N)nc(-c3cncc(Cl)c3)c2n1C[C@H]1CC[C@H](C)CC1. The highest BCUT2D eigenvalue weighted by atomic mass is 35.5. The van der Waals surface area contributed by atoms with Gasteiger partial charge in [0.05, 0.1) is 28.4 Å². The highest BCUT2D eigenvalue weighted by Gasteiger charge is 2.38. The average Bonchev–Trinajstić information content (AvgIpc) is 3.24. The van der Waals surface area contributed by atoms with Gasteiger partial charge in [-0.3, -0.25) is 4.98 Å². The largest absolute Gasteiger partial charge is 0.414 e. The van der Waals surface area contributed by atoms with Gasteiger partial charge in [0.25, 0.3) is 0 Å². The number of nitriles is 1. The normalized spacial score (nSPS) is 19.3. The van der Waals surface area contributed by atoms with Gasteiger partial charge in [0.2, 0.25) is 0 Å². The molecule has 1 aliphatic rings. The van der Waals surface area contributed by atoms with Crippen LogP contribution in [0.2, 0.25) is 23.2 Å². The molecule has 0 spiro atoms. The van der Waals surface area contributed by atoms with Crippen molar-refractivity contribution in [2.45, 2.75) is 91.1 Å². The van der Waals surface area contributed by atoms with Crippen molar-refractivity contribution in [3.05, 3.63) is 41.1 Å². The lowest BCUT2D eigenvalue weighted by Gasteiger charge is -2.37. The van der Waals surface area contributed by atoms with Gasteiger partial charge in [-0.15, -0.1) is 0 Å². The monoisotopic (exact) mass is 567 g/mol. The molecule has 1 saturated carbocycles. The third-order valence-corrected chi connectivity index (χ3v) is 13.2.